The van der Waals surface area contributed by atoms with Crippen molar-refractivity contribution in [2.24, 2.45) is 0 Å². The second-order valence-corrected chi connectivity index (χ2v) is 16.5. The third kappa shape index (κ3) is 9.08. The Morgan fingerprint density at radius 2 is 1.56 bits per heavy atom. The molecule has 0 bridgehead atoms. The van der Waals surface area contributed by atoms with Gasteiger partial charge in [0.2, 0.25) is 11.8 Å². The van der Waals surface area contributed by atoms with Gasteiger partial charge in [0.15, 0.2) is 0 Å². The normalized spacial score (nSPS) is 22.9. The van der Waals surface area contributed by atoms with Crippen LogP contribution in [-0.4, -0.2) is 91.1 Å². The summed E-state index contributed by atoms with van der Waals surface area (Å²) in [5, 5.41) is 7.71. The fourth-order valence-electron chi connectivity index (χ4n) is 6.66. The van der Waals surface area contributed by atoms with Crippen molar-refractivity contribution >= 4 is 57.8 Å². The number of benzene rings is 3. The molecule has 50 heavy (non-hydrogen) atoms. The predicted molar refractivity (Wildman–Crippen MR) is 204 cm³/mol. The fourth-order valence-corrected chi connectivity index (χ4v) is 9.95. The summed E-state index contributed by atoms with van der Waals surface area (Å²) in [6, 6.07) is 28.0. The highest BCUT2D eigenvalue weighted by molar-refractivity contribution is 8.23. The summed E-state index contributed by atoms with van der Waals surface area (Å²) in [5.41, 5.74) is 3.05. The van der Waals surface area contributed by atoms with Gasteiger partial charge in [0.05, 0.1) is 17.7 Å². The molecular weight excluding hydrogens is 687 g/mol. The topological polar surface area (TPSA) is 94.2 Å². The van der Waals surface area contributed by atoms with Crippen LogP contribution in [0.25, 0.3) is 0 Å². The summed E-state index contributed by atoms with van der Waals surface area (Å²) in [5.74, 6) is -0.444. The zero-order valence-electron chi connectivity index (χ0n) is 28.4. The first-order valence-electron chi connectivity index (χ1n) is 17.3. The maximum Gasteiger partial charge on any atom is 0.349 e. The van der Waals surface area contributed by atoms with Crippen LogP contribution in [0.3, 0.4) is 0 Å². The lowest BCUT2D eigenvalue weighted by atomic mass is 9.95. The first kappa shape index (κ1) is 36.4. The number of rotatable bonds is 14. The molecule has 4 atom stereocenters. The molecule has 3 heterocycles. The number of thiocarbonyl (C=S) groups is 1. The highest BCUT2D eigenvalue weighted by atomic mass is 32.2. The average Bonchev–Trinajstić information content (AvgIpc) is 3.42. The molecule has 3 fully saturated rings. The van der Waals surface area contributed by atoms with E-state index in [0.29, 0.717) is 31.9 Å². The Morgan fingerprint density at radius 3 is 2.22 bits per heavy atom. The van der Waals surface area contributed by atoms with E-state index in [2.05, 4.69) is 27.7 Å². The van der Waals surface area contributed by atoms with E-state index in [1.165, 1.54) is 12.0 Å². The molecule has 0 aliphatic carbocycles. The number of likely N-dealkylation sites (tertiary alicyclic amines) is 1. The Bertz CT molecular complexity index is 1610. The van der Waals surface area contributed by atoms with Crippen LogP contribution in [0.2, 0.25) is 0 Å². The van der Waals surface area contributed by atoms with Crippen LogP contribution in [0.4, 0.5) is 0 Å². The number of hydrogen-bond acceptors (Lipinski definition) is 9. The number of β-lactam (4-membered cyclic amide) rings is 1. The maximum atomic E-state index is 14.3. The van der Waals surface area contributed by atoms with Gasteiger partial charge in [-0.25, -0.2) is 4.79 Å². The lowest BCUT2D eigenvalue weighted by Gasteiger charge is -2.44. The van der Waals surface area contributed by atoms with Gasteiger partial charge in [0.1, 0.15) is 21.8 Å². The van der Waals surface area contributed by atoms with Gasteiger partial charge >= 0.3 is 5.97 Å². The van der Waals surface area contributed by atoms with Gasteiger partial charge in [-0.3, -0.25) is 9.59 Å². The van der Waals surface area contributed by atoms with Crippen LogP contribution in [-0.2, 0) is 38.7 Å². The molecule has 2 N–H and O–H groups in total. The number of thioether (sulfide) groups is 2. The molecule has 264 valence electrons. The van der Waals surface area contributed by atoms with Crippen molar-refractivity contribution in [3.63, 3.8) is 0 Å². The minimum atomic E-state index is -0.848. The number of carbonyl (C=O) groups is 3. The minimum Gasteiger partial charge on any atom is -0.366 e. The van der Waals surface area contributed by atoms with E-state index in [4.69, 9.17) is 17.1 Å². The Hall–Kier alpha value is -3.42. The number of nitrogens with zero attached hydrogens (tertiary/aromatic N) is 3. The van der Waals surface area contributed by atoms with Crippen LogP contribution in [0.1, 0.15) is 42.9 Å². The monoisotopic (exact) mass is 731 g/mol. The molecule has 3 aliphatic heterocycles. The summed E-state index contributed by atoms with van der Waals surface area (Å²) in [7, 11) is 0. The quantitative estimate of drug-likeness (QED) is 0.102. The molecule has 6 rings (SSSR count). The molecule has 0 aromatic heterocycles. The first-order chi connectivity index (χ1) is 24.3. The Labute approximate surface area is 308 Å². The van der Waals surface area contributed by atoms with Crippen molar-refractivity contribution in [2.45, 2.75) is 67.9 Å². The number of nitrogens with one attached hydrogen (secondary N) is 2. The second kappa shape index (κ2) is 17.2. The van der Waals surface area contributed by atoms with Crippen LogP contribution >= 0.6 is 35.7 Å². The maximum absolute atomic E-state index is 14.3. The van der Waals surface area contributed by atoms with Crippen LogP contribution < -0.4 is 10.6 Å². The fraction of sp³-hybridized carbons (Fsp3) is 0.421. The number of fused-ring (bicyclic) bond motifs is 1. The highest BCUT2D eigenvalue weighted by Gasteiger charge is 2.66. The molecule has 3 aromatic rings. The van der Waals surface area contributed by atoms with Crippen molar-refractivity contribution in [1.82, 2.24) is 25.5 Å². The molecule has 3 saturated heterocycles. The first-order valence-corrected chi connectivity index (χ1v) is 19.6. The van der Waals surface area contributed by atoms with E-state index in [1.54, 1.807) is 33.5 Å². The van der Waals surface area contributed by atoms with Gasteiger partial charge in [-0.2, -0.15) is 0 Å². The smallest absolute Gasteiger partial charge is 0.349 e. The zero-order chi connectivity index (χ0) is 34.9. The summed E-state index contributed by atoms with van der Waals surface area (Å²) in [6.07, 6.45) is 3.63. The summed E-state index contributed by atoms with van der Waals surface area (Å²) in [6.45, 7) is 6.04. The standard InChI is InChI=1S/C38H45N5O4S3/c1-38(27-49-37(48)41-21-12-5-13-22-41)33(43-34(45)32(35(43)50-38)40-31(44)24-28-14-6-2-7-15-28)36(46)47-42(26-30-18-10-4-11-19-30)23-20-39-25-29-16-8-3-9-17-29/h2-4,6-11,14-19,32-33,35,39H,5,12-13,20-27H2,1H3,(H,40,44). The van der Waals surface area contributed by atoms with Gasteiger partial charge in [-0.15, -0.1) is 16.8 Å². The van der Waals surface area contributed by atoms with E-state index in [-0.39, 0.29) is 23.6 Å². The van der Waals surface area contributed by atoms with Crippen molar-refractivity contribution in [3.8, 4) is 0 Å². The zero-order valence-corrected chi connectivity index (χ0v) is 30.8. The van der Waals surface area contributed by atoms with Crippen molar-refractivity contribution in [3.05, 3.63) is 108 Å². The summed E-state index contributed by atoms with van der Waals surface area (Å²) in [4.78, 5) is 51.2. The van der Waals surface area contributed by atoms with Gasteiger partial charge in [-0.05, 0) is 42.9 Å². The van der Waals surface area contributed by atoms with Crippen molar-refractivity contribution in [1.29, 1.82) is 0 Å². The molecule has 3 aliphatic rings. The predicted octanol–water partition coefficient (Wildman–Crippen LogP) is 5.01. The van der Waals surface area contributed by atoms with Crippen LogP contribution in [0.5, 0.6) is 0 Å². The molecule has 12 heteroatoms. The van der Waals surface area contributed by atoms with Crippen molar-refractivity contribution < 1.29 is 19.2 Å². The minimum absolute atomic E-state index is 0.178. The third-order valence-corrected chi connectivity index (χ3v) is 13.0. The van der Waals surface area contributed by atoms with E-state index >= 15 is 0 Å². The Morgan fingerprint density at radius 1 is 0.940 bits per heavy atom. The van der Waals surface area contributed by atoms with E-state index in [0.717, 1.165) is 41.4 Å². The van der Waals surface area contributed by atoms with Gasteiger partial charge in [0.25, 0.3) is 0 Å². The number of carbonyl (C=O) groups excluding carboxylic acids is 3. The number of piperidine rings is 1. The lowest BCUT2D eigenvalue weighted by molar-refractivity contribution is -0.203. The number of hydroxylamine groups is 2. The molecule has 0 radical (unpaired) electrons. The van der Waals surface area contributed by atoms with E-state index in [1.807, 2.05) is 85.8 Å². The van der Waals surface area contributed by atoms with E-state index in [9.17, 15) is 14.4 Å². The van der Waals surface area contributed by atoms with Crippen LogP contribution in [0.15, 0.2) is 91.0 Å². The number of hydrogen-bond donors (Lipinski definition) is 2. The molecule has 4 unspecified atom stereocenters. The average molecular weight is 732 g/mol. The van der Waals surface area contributed by atoms with E-state index < -0.39 is 22.8 Å². The Kier molecular flexibility index (Phi) is 12.5. The molecule has 9 nitrogen and oxygen atoms in total. The molecule has 2 amide bonds. The summed E-state index contributed by atoms with van der Waals surface area (Å²) >= 11 is 8.97. The largest absolute Gasteiger partial charge is 0.366 e. The van der Waals surface area contributed by atoms with Gasteiger partial charge in [0, 0.05) is 38.5 Å². The highest BCUT2D eigenvalue weighted by Crippen LogP contribution is 2.52. The van der Waals surface area contributed by atoms with Gasteiger partial charge < -0.3 is 25.3 Å². The molecule has 0 saturated carbocycles. The SMILES string of the molecule is CC1(CSC(=S)N2CCCCC2)SC2C(NC(=O)Cc3ccccc3)C(=O)N2C1C(=O)ON(CCNCc1ccccc1)Cc1ccccc1. The molecule has 3 aromatic carbocycles. The van der Waals surface area contributed by atoms with Crippen molar-refractivity contribution in [2.75, 3.05) is 31.9 Å². The molecular formula is C38H45N5O4S3. The number of amides is 2. The van der Waals surface area contributed by atoms with Crippen LogP contribution in [0, 0.1) is 0 Å². The summed E-state index contributed by atoms with van der Waals surface area (Å²) < 4.78 is 0.118. The van der Waals surface area contributed by atoms with Gasteiger partial charge in [-0.1, -0.05) is 115 Å². The Balaban J connectivity index is 1.16. The third-order valence-electron chi connectivity index (χ3n) is 9.30. The molecule has 0 spiro atoms. The lowest BCUT2D eigenvalue weighted by Crippen LogP contribution is -2.71. The second-order valence-electron chi connectivity index (χ2n) is 13.2.